The molecular weight excluding hydrogens is 314 g/mol. The van der Waals surface area contributed by atoms with Crippen LogP contribution in [-0.4, -0.2) is 51.6 Å². The van der Waals surface area contributed by atoms with Crippen LogP contribution in [0.5, 0.6) is 0 Å². The quantitative estimate of drug-likeness (QED) is 0.721. The second kappa shape index (κ2) is 6.20. The van der Waals surface area contributed by atoms with Crippen molar-refractivity contribution in [2.75, 3.05) is 31.1 Å². The van der Waals surface area contributed by atoms with Crippen molar-refractivity contribution in [1.82, 2.24) is 19.5 Å². The maximum Gasteiger partial charge on any atom is 0.253 e. The van der Waals surface area contributed by atoms with Gasteiger partial charge in [-0.1, -0.05) is 23.8 Å². The van der Waals surface area contributed by atoms with Crippen molar-refractivity contribution in [3.05, 3.63) is 59.3 Å². The summed E-state index contributed by atoms with van der Waals surface area (Å²) in [6, 6.07) is 13.8. The van der Waals surface area contributed by atoms with Crippen LogP contribution in [0.1, 0.15) is 21.6 Å². The van der Waals surface area contributed by atoms with E-state index in [1.165, 1.54) is 0 Å². The van der Waals surface area contributed by atoms with Crippen LogP contribution in [-0.2, 0) is 0 Å². The summed E-state index contributed by atoms with van der Waals surface area (Å²) in [6.07, 6.45) is 0. The Balaban J connectivity index is 1.50. The fourth-order valence-corrected chi connectivity index (χ4v) is 3.36. The molecule has 1 aliphatic heterocycles. The number of aromatic nitrogens is 3. The van der Waals surface area contributed by atoms with E-state index in [1.807, 2.05) is 48.2 Å². The van der Waals surface area contributed by atoms with Crippen molar-refractivity contribution in [2.45, 2.75) is 13.8 Å². The Hall–Kier alpha value is -2.89. The largest absolute Gasteiger partial charge is 0.337 e. The monoisotopic (exact) mass is 335 g/mol. The number of amides is 1. The smallest absolute Gasteiger partial charge is 0.253 e. The number of fused-ring (bicyclic) bond motifs is 1. The molecule has 0 N–H and O–H groups in total. The molecule has 1 aliphatic rings. The normalized spacial score (nSPS) is 15.0. The second-order valence-electron chi connectivity index (χ2n) is 6.51. The third-order valence-electron chi connectivity index (χ3n) is 4.72. The molecule has 3 aromatic rings. The Morgan fingerprint density at radius 1 is 0.960 bits per heavy atom. The van der Waals surface area contributed by atoms with Gasteiger partial charge in [0.2, 0.25) is 5.95 Å². The summed E-state index contributed by atoms with van der Waals surface area (Å²) in [5, 5.41) is 8.61. The van der Waals surface area contributed by atoms with Crippen molar-refractivity contribution < 1.29 is 4.79 Å². The van der Waals surface area contributed by atoms with Gasteiger partial charge < -0.3 is 9.80 Å². The first-order valence-electron chi connectivity index (χ1n) is 8.55. The maximum atomic E-state index is 12.7. The lowest BCUT2D eigenvalue weighted by atomic mass is 10.1. The molecule has 25 heavy (non-hydrogen) atoms. The summed E-state index contributed by atoms with van der Waals surface area (Å²) in [7, 11) is 0. The van der Waals surface area contributed by atoms with E-state index >= 15 is 0 Å². The molecule has 4 rings (SSSR count). The van der Waals surface area contributed by atoms with Gasteiger partial charge in [-0.25, -0.2) is 0 Å². The highest BCUT2D eigenvalue weighted by atomic mass is 16.2. The molecule has 0 saturated carbocycles. The van der Waals surface area contributed by atoms with Gasteiger partial charge in [-0.15, -0.1) is 10.2 Å². The molecule has 2 aromatic heterocycles. The molecule has 6 nitrogen and oxygen atoms in total. The second-order valence-corrected chi connectivity index (χ2v) is 6.51. The standard InChI is InChI=1S/C19H21N5O/c1-14-5-3-7-16(13-14)18(25)22-9-11-23(12-10-22)19-21-20-17-8-4-6-15(2)24(17)19/h3-8,13H,9-12H2,1-2H3. The lowest BCUT2D eigenvalue weighted by Crippen LogP contribution is -2.49. The van der Waals surface area contributed by atoms with Crippen LogP contribution in [0.4, 0.5) is 5.95 Å². The fourth-order valence-electron chi connectivity index (χ4n) is 3.36. The summed E-state index contributed by atoms with van der Waals surface area (Å²) < 4.78 is 2.07. The van der Waals surface area contributed by atoms with Crippen LogP contribution in [0.3, 0.4) is 0 Å². The Bertz CT molecular complexity index is 924. The Kier molecular flexibility index (Phi) is 3.87. The summed E-state index contributed by atoms with van der Waals surface area (Å²) in [6.45, 7) is 6.95. The van der Waals surface area contributed by atoms with Crippen molar-refractivity contribution >= 4 is 17.5 Å². The van der Waals surface area contributed by atoms with Crippen LogP contribution in [0.15, 0.2) is 42.5 Å². The molecule has 1 amide bonds. The molecule has 1 aromatic carbocycles. The van der Waals surface area contributed by atoms with Gasteiger partial charge in [0.25, 0.3) is 5.91 Å². The highest BCUT2D eigenvalue weighted by Gasteiger charge is 2.25. The predicted octanol–water partition coefficient (Wildman–Crippen LogP) is 2.31. The number of anilines is 1. The number of benzene rings is 1. The topological polar surface area (TPSA) is 53.7 Å². The molecule has 1 saturated heterocycles. The Labute approximate surface area is 146 Å². The van der Waals surface area contributed by atoms with Crippen LogP contribution in [0, 0.1) is 13.8 Å². The van der Waals surface area contributed by atoms with Gasteiger partial charge in [0.15, 0.2) is 5.65 Å². The van der Waals surface area contributed by atoms with E-state index in [0.29, 0.717) is 13.1 Å². The zero-order valence-electron chi connectivity index (χ0n) is 14.5. The van der Waals surface area contributed by atoms with Gasteiger partial charge in [-0.2, -0.15) is 0 Å². The van der Waals surface area contributed by atoms with Crippen LogP contribution >= 0.6 is 0 Å². The van der Waals surface area contributed by atoms with Gasteiger partial charge in [0.05, 0.1) is 0 Å². The van der Waals surface area contributed by atoms with Crippen molar-refractivity contribution in [2.24, 2.45) is 0 Å². The molecule has 3 heterocycles. The number of carbonyl (C=O) groups is 1. The first-order valence-corrected chi connectivity index (χ1v) is 8.55. The van der Waals surface area contributed by atoms with Crippen molar-refractivity contribution in [3.8, 4) is 0 Å². The van der Waals surface area contributed by atoms with E-state index in [2.05, 4.69) is 32.5 Å². The van der Waals surface area contributed by atoms with E-state index in [9.17, 15) is 4.79 Å². The number of hydrogen-bond donors (Lipinski definition) is 0. The third-order valence-corrected chi connectivity index (χ3v) is 4.72. The molecule has 1 fully saturated rings. The zero-order chi connectivity index (χ0) is 17.4. The molecule has 0 bridgehead atoms. The summed E-state index contributed by atoms with van der Waals surface area (Å²) in [5.41, 5.74) is 3.83. The number of pyridine rings is 1. The van der Waals surface area contributed by atoms with Gasteiger partial charge >= 0.3 is 0 Å². The molecular formula is C19H21N5O. The SMILES string of the molecule is Cc1cccc(C(=O)N2CCN(c3nnc4cccc(C)n34)CC2)c1. The number of aryl methyl sites for hydroxylation is 2. The summed E-state index contributed by atoms with van der Waals surface area (Å²) in [4.78, 5) is 16.8. The van der Waals surface area contributed by atoms with E-state index in [4.69, 9.17) is 0 Å². The average Bonchev–Trinajstić information content (AvgIpc) is 3.07. The first kappa shape index (κ1) is 15.6. The van der Waals surface area contributed by atoms with Gasteiger partial charge in [-0.3, -0.25) is 9.20 Å². The number of nitrogens with zero attached hydrogens (tertiary/aromatic N) is 5. The van der Waals surface area contributed by atoms with Crippen molar-refractivity contribution in [3.63, 3.8) is 0 Å². The predicted molar refractivity (Wildman–Crippen MR) is 97.0 cm³/mol. The minimum atomic E-state index is 0.102. The molecule has 0 unspecified atom stereocenters. The van der Waals surface area contributed by atoms with E-state index in [0.717, 1.165) is 41.5 Å². The fraction of sp³-hybridized carbons (Fsp3) is 0.316. The number of hydrogen-bond acceptors (Lipinski definition) is 4. The molecule has 0 atom stereocenters. The minimum Gasteiger partial charge on any atom is -0.337 e. The summed E-state index contributed by atoms with van der Waals surface area (Å²) >= 11 is 0. The highest BCUT2D eigenvalue weighted by Crippen LogP contribution is 2.18. The lowest BCUT2D eigenvalue weighted by molar-refractivity contribution is 0.0746. The van der Waals surface area contributed by atoms with Crippen LogP contribution in [0.2, 0.25) is 0 Å². The Morgan fingerprint density at radius 2 is 1.72 bits per heavy atom. The first-order chi connectivity index (χ1) is 12.1. The van der Waals surface area contributed by atoms with Gasteiger partial charge in [0.1, 0.15) is 0 Å². The third kappa shape index (κ3) is 2.84. The van der Waals surface area contributed by atoms with Crippen LogP contribution < -0.4 is 4.90 Å². The maximum absolute atomic E-state index is 12.7. The van der Waals surface area contributed by atoms with Gasteiger partial charge in [-0.05, 0) is 38.1 Å². The molecule has 0 spiro atoms. The Morgan fingerprint density at radius 3 is 2.48 bits per heavy atom. The lowest BCUT2D eigenvalue weighted by Gasteiger charge is -2.35. The number of carbonyl (C=O) groups excluding carboxylic acids is 1. The highest BCUT2D eigenvalue weighted by molar-refractivity contribution is 5.94. The van der Waals surface area contributed by atoms with Gasteiger partial charge in [0, 0.05) is 37.4 Å². The van der Waals surface area contributed by atoms with E-state index in [-0.39, 0.29) is 5.91 Å². The van der Waals surface area contributed by atoms with E-state index in [1.54, 1.807) is 0 Å². The van der Waals surface area contributed by atoms with Crippen LogP contribution in [0.25, 0.3) is 5.65 Å². The van der Waals surface area contributed by atoms with E-state index < -0.39 is 0 Å². The zero-order valence-corrected chi connectivity index (χ0v) is 14.5. The van der Waals surface area contributed by atoms with Crippen molar-refractivity contribution in [1.29, 1.82) is 0 Å². The number of rotatable bonds is 2. The summed E-state index contributed by atoms with van der Waals surface area (Å²) in [5.74, 6) is 0.960. The minimum absolute atomic E-state index is 0.102. The molecule has 0 radical (unpaired) electrons. The molecule has 6 heteroatoms. The molecule has 128 valence electrons. The molecule has 0 aliphatic carbocycles. The number of piperazine rings is 1. The average molecular weight is 335 g/mol.